The molecule has 1 unspecified atom stereocenters. The SMILES string of the molecule is O=CC(C(=O)[c-]1cccc1)[c-]1cccc1.[Fe].[Os].[cH-]1[cH-][cH-][cH-][cH-]1.c1cc[cH-]c1. The molecule has 0 saturated carbocycles. The molecule has 0 spiro atoms. The van der Waals surface area contributed by atoms with E-state index in [9.17, 15) is 9.59 Å². The first-order valence-electron chi connectivity index (χ1n) is 8.09. The van der Waals surface area contributed by atoms with Gasteiger partial charge in [-0.2, -0.15) is 42.5 Å². The van der Waals surface area contributed by atoms with E-state index in [1.165, 1.54) is 0 Å². The van der Waals surface area contributed by atoms with Gasteiger partial charge in [-0.3, -0.25) is 0 Å². The van der Waals surface area contributed by atoms with Gasteiger partial charge in [-0.1, -0.05) is 5.56 Å². The Morgan fingerprint density at radius 3 is 1.59 bits per heavy atom. The molecule has 4 rings (SSSR count). The Bertz CT molecular complexity index is 722. The first kappa shape index (κ1) is 24.9. The van der Waals surface area contributed by atoms with E-state index in [0.717, 1.165) is 5.56 Å². The molecule has 0 N–H and O–H groups in total. The van der Waals surface area contributed by atoms with Crippen molar-refractivity contribution in [1.29, 1.82) is 0 Å². The molecule has 4 aromatic carbocycles. The van der Waals surface area contributed by atoms with Crippen LogP contribution >= 0.6 is 0 Å². The van der Waals surface area contributed by atoms with Crippen molar-refractivity contribution < 1.29 is 46.4 Å². The van der Waals surface area contributed by atoms with E-state index >= 15 is 0 Å². The van der Waals surface area contributed by atoms with Crippen LogP contribution in [0.25, 0.3) is 0 Å². The van der Waals surface area contributed by atoms with Crippen molar-refractivity contribution in [3.8, 4) is 0 Å². The smallest absolute Gasteiger partial charge is 0.122 e. The molecule has 4 heteroatoms. The quantitative estimate of drug-likeness (QED) is 0.112. The van der Waals surface area contributed by atoms with E-state index in [4.69, 9.17) is 0 Å². The van der Waals surface area contributed by atoms with Gasteiger partial charge in [-0.15, -0.1) is 5.56 Å². The van der Waals surface area contributed by atoms with Crippen molar-refractivity contribution >= 4 is 12.1 Å². The van der Waals surface area contributed by atoms with Gasteiger partial charge < -0.3 is 39.9 Å². The second-order valence-corrected chi connectivity index (χ2v) is 5.29. The van der Waals surface area contributed by atoms with E-state index in [1.807, 2.05) is 72.8 Å². The first-order valence-corrected chi connectivity index (χ1v) is 8.09. The van der Waals surface area contributed by atoms with Gasteiger partial charge in [0.2, 0.25) is 0 Å². The molecule has 0 bridgehead atoms. The number of aldehydes is 1. The van der Waals surface area contributed by atoms with Crippen LogP contribution < -0.4 is 0 Å². The van der Waals surface area contributed by atoms with Gasteiger partial charge in [0, 0.05) is 42.8 Å². The largest absolute Gasteiger partial charge is 0.748 e. The zero-order valence-corrected chi connectivity index (χ0v) is 18.2. The summed E-state index contributed by atoms with van der Waals surface area (Å²) >= 11 is 0. The maximum atomic E-state index is 11.9. The van der Waals surface area contributed by atoms with E-state index < -0.39 is 5.92 Å². The summed E-state index contributed by atoms with van der Waals surface area (Å²) in [5, 5.41) is 0. The number of Topliss-reactive ketones (excluding diaryl/α,β-unsaturated/α-hetero) is 1. The van der Waals surface area contributed by atoms with Gasteiger partial charge in [0.25, 0.3) is 0 Å². The minimum atomic E-state index is -0.664. The monoisotopic (exact) mass is 576 g/mol. The average molecular weight is 574 g/mol. The molecule has 0 aliphatic heterocycles. The molecule has 0 aliphatic carbocycles. The van der Waals surface area contributed by atoms with E-state index in [1.54, 1.807) is 36.4 Å². The summed E-state index contributed by atoms with van der Waals surface area (Å²) in [6.45, 7) is 0. The topological polar surface area (TPSA) is 34.1 Å². The summed E-state index contributed by atoms with van der Waals surface area (Å²) in [4.78, 5) is 22.8. The second kappa shape index (κ2) is 15.0. The fourth-order valence-electron chi connectivity index (χ4n) is 2.25. The summed E-state index contributed by atoms with van der Waals surface area (Å²) in [7, 11) is 0. The summed E-state index contributed by atoms with van der Waals surface area (Å²) in [5.74, 6) is -0.802. The first-order chi connectivity index (χ1) is 12.3. The minimum absolute atomic E-state index is 0. The summed E-state index contributed by atoms with van der Waals surface area (Å²) < 4.78 is 0. The van der Waals surface area contributed by atoms with Crippen molar-refractivity contribution in [1.82, 2.24) is 0 Å². The normalized spacial score (nSPS) is 9.78. The Morgan fingerprint density at radius 1 is 0.778 bits per heavy atom. The van der Waals surface area contributed by atoms with Gasteiger partial charge in [-0.25, -0.2) is 36.4 Å². The molecular weight excluding hydrogens is 554 g/mol. The van der Waals surface area contributed by atoms with Crippen LogP contribution in [0.5, 0.6) is 0 Å². The van der Waals surface area contributed by atoms with Crippen LogP contribution in [0, 0.1) is 0 Å². The summed E-state index contributed by atoms with van der Waals surface area (Å²) in [5.41, 5.74) is 1.35. The third kappa shape index (κ3) is 8.89. The molecule has 0 radical (unpaired) electrons. The van der Waals surface area contributed by atoms with Crippen LogP contribution in [0.4, 0.5) is 0 Å². The molecular formula is C23H20FeO2Os-8. The Balaban J connectivity index is 0.000000465. The average Bonchev–Trinajstić information content (AvgIpc) is 3.49. The zero-order chi connectivity index (χ0) is 17.7. The van der Waals surface area contributed by atoms with Crippen LogP contribution in [0.2, 0.25) is 0 Å². The van der Waals surface area contributed by atoms with Crippen LogP contribution in [0.1, 0.15) is 21.8 Å². The van der Waals surface area contributed by atoms with Gasteiger partial charge in [0.15, 0.2) is 0 Å². The predicted octanol–water partition coefficient (Wildman–Crippen LogP) is 5.10. The van der Waals surface area contributed by atoms with Crippen LogP contribution in [-0.4, -0.2) is 12.1 Å². The van der Waals surface area contributed by atoms with Crippen molar-refractivity contribution in [2.45, 2.75) is 5.92 Å². The fourth-order valence-corrected chi connectivity index (χ4v) is 2.25. The number of carbonyl (C=O) groups excluding carboxylic acids is 2. The maximum absolute atomic E-state index is 11.9. The Morgan fingerprint density at radius 2 is 1.22 bits per heavy atom. The molecule has 27 heavy (non-hydrogen) atoms. The molecule has 1 atom stereocenters. The fraction of sp³-hybridized carbons (Fsp3) is 0.0435. The van der Waals surface area contributed by atoms with E-state index in [-0.39, 0.29) is 42.6 Å². The molecule has 0 heterocycles. The van der Waals surface area contributed by atoms with Gasteiger partial charge >= 0.3 is 0 Å². The van der Waals surface area contributed by atoms with Crippen molar-refractivity contribution in [2.24, 2.45) is 0 Å². The number of carbonyl (C=O) groups is 2. The molecule has 0 saturated heterocycles. The van der Waals surface area contributed by atoms with E-state index in [0.29, 0.717) is 11.8 Å². The predicted molar refractivity (Wildman–Crippen MR) is 101 cm³/mol. The molecule has 2 nitrogen and oxygen atoms in total. The second-order valence-electron chi connectivity index (χ2n) is 5.29. The number of ketones is 1. The van der Waals surface area contributed by atoms with Crippen LogP contribution in [0.3, 0.4) is 0 Å². The van der Waals surface area contributed by atoms with Crippen LogP contribution in [-0.2, 0) is 41.7 Å². The van der Waals surface area contributed by atoms with Crippen molar-refractivity contribution in [3.05, 3.63) is 120 Å². The summed E-state index contributed by atoms with van der Waals surface area (Å²) in [6.07, 6.45) is 0.699. The van der Waals surface area contributed by atoms with Gasteiger partial charge in [-0.05, 0) is 0 Å². The Kier molecular flexibility index (Phi) is 13.8. The Hall–Kier alpha value is -2.10. The van der Waals surface area contributed by atoms with Gasteiger partial charge in [0.05, 0.1) is 0 Å². The molecule has 0 aromatic heterocycles. The zero-order valence-electron chi connectivity index (χ0n) is 14.6. The molecule has 0 aliphatic rings. The van der Waals surface area contributed by atoms with Crippen molar-refractivity contribution in [2.75, 3.05) is 0 Å². The molecule has 0 amide bonds. The number of hydrogen-bond donors (Lipinski definition) is 0. The number of rotatable bonds is 4. The molecule has 148 valence electrons. The Labute approximate surface area is 184 Å². The van der Waals surface area contributed by atoms with Crippen LogP contribution in [0.15, 0.2) is 109 Å². The van der Waals surface area contributed by atoms with Gasteiger partial charge in [0.1, 0.15) is 12.1 Å². The van der Waals surface area contributed by atoms with Crippen molar-refractivity contribution in [3.63, 3.8) is 0 Å². The summed E-state index contributed by atoms with van der Waals surface area (Å²) in [6, 6.07) is 34.3. The standard InChI is InChI=1S/C13H10O2.2C5H5.Fe.Os/c14-9-12(10-5-1-2-6-10)13(15)11-7-3-4-8-11;2*1-2-4-5-3-1;;/h1-9,12H;2*1-5H;;/q-2;-5;-1;;. The minimum Gasteiger partial charge on any atom is -0.748 e. The number of hydrogen-bond acceptors (Lipinski definition) is 2. The maximum Gasteiger partial charge on any atom is 0.122 e. The third-order valence-corrected chi connectivity index (χ3v) is 3.52. The third-order valence-electron chi connectivity index (χ3n) is 3.52. The molecule has 4 aromatic rings. The molecule has 0 fully saturated rings. The van der Waals surface area contributed by atoms with E-state index in [2.05, 4.69) is 0 Å².